The van der Waals surface area contributed by atoms with E-state index in [4.69, 9.17) is 4.52 Å². The van der Waals surface area contributed by atoms with Crippen LogP contribution in [0.1, 0.15) is 29.5 Å². The Morgan fingerprint density at radius 1 is 1.35 bits per heavy atom. The van der Waals surface area contributed by atoms with E-state index in [0.717, 1.165) is 30.2 Å². The maximum atomic E-state index is 5.08. The second-order valence-corrected chi connectivity index (χ2v) is 5.31. The number of thiazole rings is 1. The summed E-state index contributed by atoms with van der Waals surface area (Å²) in [6.07, 6.45) is 2.37. The lowest BCUT2D eigenvalue weighted by atomic mass is 9.99. The summed E-state index contributed by atoms with van der Waals surface area (Å²) in [6, 6.07) is 1.93. The van der Waals surface area contributed by atoms with Crippen molar-refractivity contribution in [1.82, 2.24) is 15.5 Å². The van der Waals surface area contributed by atoms with Crippen LogP contribution in [0.3, 0.4) is 0 Å². The molecule has 0 unspecified atom stereocenters. The highest BCUT2D eigenvalue weighted by Gasteiger charge is 2.19. The van der Waals surface area contributed by atoms with Gasteiger partial charge >= 0.3 is 0 Å². The van der Waals surface area contributed by atoms with Crippen LogP contribution in [-0.4, -0.2) is 23.2 Å². The van der Waals surface area contributed by atoms with Crippen molar-refractivity contribution in [3.63, 3.8) is 0 Å². The van der Waals surface area contributed by atoms with E-state index >= 15 is 0 Å². The van der Waals surface area contributed by atoms with Gasteiger partial charge in [-0.25, -0.2) is 4.98 Å². The SMILES string of the molecule is Cc1cc(-c2csc(C3CCNCC3)n2)no1. The molecular weight excluding hydrogens is 234 g/mol. The van der Waals surface area contributed by atoms with Crippen LogP contribution in [0.15, 0.2) is 16.0 Å². The minimum Gasteiger partial charge on any atom is -0.361 e. The lowest BCUT2D eigenvalue weighted by molar-refractivity contribution is 0.399. The Kier molecular flexibility index (Phi) is 2.94. The first-order valence-electron chi connectivity index (χ1n) is 5.93. The molecule has 1 fully saturated rings. The molecule has 2 aromatic rings. The third kappa shape index (κ3) is 2.25. The Bertz CT molecular complexity index is 499. The lowest BCUT2D eigenvalue weighted by Gasteiger charge is -2.20. The predicted molar refractivity (Wildman–Crippen MR) is 67.2 cm³/mol. The van der Waals surface area contributed by atoms with E-state index in [-0.39, 0.29) is 0 Å². The minimum atomic E-state index is 0.614. The quantitative estimate of drug-likeness (QED) is 0.888. The van der Waals surface area contributed by atoms with Crippen LogP contribution in [-0.2, 0) is 0 Å². The molecule has 17 heavy (non-hydrogen) atoms. The highest BCUT2D eigenvalue weighted by Crippen LogP contribution is 2.30. The van der Waals surface area contributed by atoms with Crippen molar-refractivity contribution in [3.8, 4) is 11.4 Å². The summed E-state index contributed by atoms with van der Waals surface area (Å²) in [5.74, 6) is 1.44. The van der Waals surface area contributed by atoms with E-state index in [1.807, 2.05) is 13.0 Å². The minimum absolute atomic E-state index is 0.614. The van der Waals surface area contributed by atoms with Crippen LogP contribution in [0.25, 0.3) is 11.4 Å². The molecule has 1 aliphatic rings. The van der Waals surface area contributed by atoms with E-state index in [1.165, 1.54) is 17.8 Å². The maximum absolute atomic E-state index is 5.08. The van der Waals surface area contributed by atoms with Gasteiger partial charge in [0, 0.05) is 17.4 Å². The number of rotatable bonds is 2. The molecule has 90 valence electrons. The largest absolute Gasteiger partial charge is 0.361 e. The van der Waals surface area contributed by atoms with Crippen LogP contribution >= 0.6 is 11.3 Å². The smallest absolute Gasteiger partial charge is 0.134 e. The van der Waals surface area contributed by atoms with Gasteiger partial charge < -0.3 is 9.84 Å². The second kappa shape index (κ2) is 4.58. The summed E-state index contributed by atoms with van der Waals surface area (Å²) >= 11 is 1.74. The van der Waals surface area contributed by atoms with Crippen molar-refractivity contribution < 1.29 is 4.52 Å². The molecular formula is C12H15N3OS. The van der Waals surface area contributed by atoms with E-state index in [2.05, 4.69) is 20.8 Å². The fourth-order valence-electron chi connectivity index (χ4n) is 2.15. The Morgan fingerprint density at radius 2 is 2.18 bits per heavy atom. The Morgan fingerprint density at radius 3 is 2.88 bits per heavy atom. The first-order chi connectivity index (χ1) is 8.33. The Hall–Kier alpha value is -1.20. The molecule has 0 bridgehead atoms. The van der Waals surface area contributed by atoms with Gasteiger partial charge in [-0.15, -0.1) is 11.3 Å². The average Bonchev–Trinajstić information content (AvgIpc) is 2.98. The summed E-state index contributed by atoms with van der Waals surface area (Å²) in [6.45, 7) is 4.10. The summed E-state index contributed by atoms with van der Waals surface area (Å²) < 4.78 is 5.08. The zero-order valence-corrected chi connectivity index (χ0v) is 10.6. The van der Waals surface area contributed by atoms with Crippen molar-refractivity contribution in [3.05, 3.63) is 22.2 Å². The van der Waals surface area contributed by atoms with Crippen molar-refractivity contribution in [2.75, 3.05) is 13.1 Å². The molecule has 0 spiro atoms. The number of piperidine rings is 1. The predicted octanol–water partition coefficient (Wildman–Crippen LogP) is 2.57. The van der Waals surface area contributed by atoms with Crippen molar-refractivity contribution >= 4 is 11.3 Å². The summed E-state index contributed by atoms with van der Waals surface area (Å²) in [5, 5.41) is 10.7. The Labute approximate surface area is 104 Å². The molecule has 3 rings (SSSR count). The molecule has 0 radical (unpaired) electrons. The van der Waals surface area contributed by atoms with Crippen LogP contribution in [0.5, 0.6) is 0 Å². The third-order valence-corrected chi connectivity index (χ3v) is 4.11. The van der Waals surface area contributed by atoms with Gasteiger partial charge in [0.2, 0.25) is 0 Å². The first-order valence-corrected chi connectivity index (χ1v) is 6.81. The number of hydrogen-bond acceptors (Lipinski definition) is 5. The van der Waals surface area contributed by atoms with Gasteiger partial charge in [-0.1, -0.05) is 5.16 Å². The molecule has 2 aromatic heterocycles. The molecule has 3 heterocycles. The molecule has 5 heteroatoms. The highest BCUT2D eigenvalue weighted by molar-refractivity contribution is 7.10. The molecule has 1 aliphatic heterocycles. The molecule has 1 N–H and O–H groups in total. The molecule has 0 saturated carbocycles. The van der Waals surface area contributed by atoms with Crippen LogP contribution in [0.2, 0.25) is 0 Å². The molecule has 4 nitrogen and oxygen atoms in total. The zero-order valence-electron chi connectivity index (χ0n) is 9.77. The summed E-state index contributed by atoms with van der Waals surface area (Å²) in [5.41, 5.74) is 1.79. The molecule has 1 saturated heterocycles. The second-order valence-electron chi connectivity index (χ2n) is 4.42. The molecule has 0 aromatic carbocycles. The van der Waals surface area contributed by atoms with Gasteiger partial charge in [-0.3, -0.25) is 0 Å². The van der Waals surface area contributed by atoms with Crippen LogP contribution in [0, 0.1) is 6.92 Å². The van der Waals surface area contributed by atoms with Gasteiger partial charge in [-0.2, -0.15) is 0 Å². The monoisotopic (exact) mass is 249 g/mol. The number of hydrogen-bond donors (Lipinski definition) is 1. The molecule has 0 aliphatic carbocycles. The van der Waals surface area contributed by atoms with E-state index < -0.39 is 0 Å². The Balaban J connectivity index is 1.82. The van der Waals surface area contributed by atoms with E-state index in [9.17, 15) is 0 Å². The average molecular weight is 249 g/mol. The normalized spacial score (nSPS) is 17.5. The number of aromatic nitrogens is 2. The van der Waals surface area contributed by atoms with Crippen molar-refractivity contribution in [2.24, 2.45) is 0 Å². The van der Waals surface area contributed by atoms with E-state index in [0.29, 0.717) is 5.92 Å². The van der Waals surface area contributed by atoms with Gasteiger partial charge in [0.05, 0.1) is 5.01 Å². The fraction of sp³-hybridized carbons (Fsp3) is 0.500. The van der Waals surface area contributed by atoms with Gasteiger partial charge in [0.15, 0.2) is 0 Å². The third-order valence-electron chi connectivity index (χ3n) is 3.10. The number of nitrogens with zero attached hydrogens (tertiary/aromatic N) is 2. The summed E-state index contributed by atoms with van der Waals surface area (Å²) in [7, 11) is 0. The lowest BCUT2D eigenvalue weighted by Crippen LogP contribution is -2.26. The zero-order chi connectivity index (χ0) is 11.7. The highest BCUT2D eigenvalue weighted by atomic mass is 32.1. The van der Waals surface area contributed by atoms with Crippen LogP contribution < -0.4 is 5.32 Å². The number of nitrogens with one attached hydrogen (secondary N) is 1. The maximum Gasteiger partial charge on any atom is 0.134 e. The first kappa shape index (κ1) is 10.9. The standard InChI is InChI=1S/C12H15N3OS/c1-8-6-10(15-16-8)11-7-17-12(14-11)9-2-4-13-5-3-9/h6-7,9,13H,2-5H2,1H3. The van der Waals surface area contributed by atoms with Crippen molar-refractivity contribution in [2.45, 2.75) is 25.7 Å². The summed E-state index contributed by atoms with van der Waals surface area (Å²) in [4.78, 5) is 4.69. The van der Waals surface area contributed by atoms with Gasteiger partial charge in [0.1, 0.15) is 17.1 Å². The van der Waals surface area contributed by atoms with Gasteiger partial charge in [0.25, 0.3) is 0 Å². The van der Waals surface area contributed by atoms with Gasteiger partial charge in [-0.05, 0) is 32.9 Å². The van der Waals surface area contributed by atoms with Crippen LogP contribution in [0.4, 0.5) is 0 Å². The van der Waals surface area contributed by atoms with Crippen molar-refractivity contribution in [1.29, 1.82) is 0 Å². The molecule has 0 atom stereocenters. The molecule has 0 amide bonds. The number of aryl methyl sites for hydroxylation is 1. The topological polar surface area (TPSA) is 51.0 Å². The fourth-order valence-corrected chi connectivity index (χ4v) is 3.13. The van der Waals surface area contributed by atoms with E-state index in [1.54, 1.807) is 11.3 Å².